The van der Waals surface area contributed by atoms with Crippen molar-refractivity contribution in [3.8, 4) is 0 Å². The van der Waals surface area contributed by atoms with Crippen molar-refractivity contribution >= 4 is 29.2 Å². The molecule has 0 saturated heterocycles. The van der Waals surface area contributed by atoms with Crippen LogP contribution in [0.15, 0.2) is 18.2 Å². The molecule has 23 heavy (non-hydrogen) atoms. The molecule has 4 fully saturated rings. The molecule has 4 saturated carbocycles. The molecule has 2 N–H and O–H groups in total. The fourth-order valence-corrected chi connectivity index (χ4v) is 5.56. The first kappa shape index (κ1) is 15.0. The van der Waals surface area contributed by atoms with Crippen LogP contribution in [0.3, 0.4) is 0 Å². The smallest absolute Gasteiger partial charge is 0.335 e. The number of carbonyl (C=O) groups excluding carboxylic acids is 1. The van der Waals surface area contributed by atoms with E-state index in [4.69, 9.17) is 16.7 Å². The molecule has 1 aromatic carbocycles. The van der Waals surface area contributed by atoms with Crippen LogP contribution in [-0.4, -0.2) is 17.0 Å². The quantitative estimate of drug-likeness (QED) is 0.871. The summed E-state index contributed by atoms with van der Waals surface area (Å²) in [4.78, 5) is 24.1. The van der Waals surface area contributed by atoms with Gasteiger partial charge in [0.1, 0.15) is 0 Å². The average Bonchev–Trinajstić information content (AvgIpc) is 2.47. The second-order valence-electron chi connectivity index (χ2n) is 7.65. The Morgan fingerprint density at radius 2 is 1.65 bits per heavy atom. The van der Waals surface area contributed by atoms with Gasteiger partial charge in [0, 0.05) is 0 Å². The van der Waals surface area contributed by atoms with E-state index < -0.39 is 5.97 Å². The van der Waals surface area contributed by atoms with Crippen molar-refractivity contribution in [3.63, 3.8) is 0 Å². The molecule has 0 aromatic heterocycles. The van der Waals surface area contributed by atoms with Crippen LogP contribution in [0.4, 0.5) is 5.69 Å². The predicted molar refractivity (Wildman–Crippen MR) is 87.6 cm³/mol. The van der Waals surface area contributed by atoms with Gasteiger partial charge in [-0.25, -0.2) is 4.79 Å². The number of carboxylic acids is 1. The Balaban J connectivity index is 1.59. The van der Waals surface area contributed by atoms with Gasteiger partial charge in [0.25, 0.3) is 0 Å². The average molecular weight is 334 g/mol. The van der Waals surface area contributed by atoms with E-state index in [0.29, 0.717) is 28.5 Å². The fraction of sp³-hybridized carbons (Fsp3) is 0.556. The van der Waals surface area contributed by atoms with E-state index in [1.807, 2.05) is 0 Å². The van der Waals surface area contributed by atoms with E-state index >= 15 is 0 Å². The number of nitrogens with one attached hydrogen (secondary N) is 1. The molecule has 0 unspecified atom stereocenters. The summed E-state index contributed by atoms with van der Waals surface area (Å²) in [5, 5.41) is 12.4. The van der Waals surface area contributed by atoms with Gasteiger partial charge in [-0.15, -0.1) is 0 Å². The number of aromatic carboxylic acids is 1. The number of hydrogen-bond acceptors (Lipinski definition) is 2. The number of amides is 1. The van der Waals surface area contributed by atoms with Gasteiger partial charge < -0.3 is 10.4 Å². The Morgan fingerprint density at radius 1 is 1.09 bits per heavy atom. The summed E-state index contributed by atoms with van der Waals surface area (Å²) in [5.41, 5.74) is 0.277. The molecule has 5 heteroatoms. The third kappa shape index (κ3) is 2.53. The lowest BCUT2D eigenvalue weighted by Gasteiger charge is -2.55. The lowest BCUT2D eigenvalue weighted by atomic mass is 9.49. The van der Waals surface area contributed by atoms with Gasteiger partial charge in [-0.2, -0.15) is 0 Å². The number of halogens is 1. The van der Waals surface area contributed by atoms with E-state index in [2.05, 4.69) is 5.32 Å². The molecular weight excluding hydrogens is 314 g/mol. The molecule has 4 aliphatic carbocycles. The molecule has 4 aliphatic rings. The van der Waals surface area contributed by atoms with Crippen LogP contribution in [0.25, 0.3) is 0 Å². The zero-order valence-corrected chi connectivity index (χ0v) is 13.6. The van der Waals surface area contributed by atoms with E-state index in [9.17, 15) is 9.59 Å². The van der Waals surface area contributed by atoms with E-state index in [1.165, 1.54) is 37.5 Å². The summed E-state index contributed by atoms with van der Waals surface area (Å²) in [6.07, 6.45) is 6.76. The number of carboxylic acid groups (broad SMARTS) is 1. The van der Waals surface area contributed by atoms with Crippen LogP contribution >= 0.6 is 11.6 Å². The van der Waals surface area contributed by atoms with Gasteiger partial charge in [0.05, 0.1) is 21.7 Å². The maximum atomic E-state index is 13.0. The Bertz CT molecular complexity index is 650. The van der Waals surface area contributed by atoms with Crippen molar-refractivity contribution in [2.24, 2.45) is 23.2 Å². The number of carbonyl (C=O) groups is 2. The molecule has 1 amide bonds. The lowest BCUT2D eigenvalue weighted by Crippen LogP contribution is -2.51. The summed E-state index contributed by atoms with van der Waals surface area (Å²) < 4.78 is 0. The van der Waals surface area contributed by atoms with Crippen LogP contribution in [0.2, 0.25) is 5.02 Å². The molecule has 4 nitrogen and oxygen atoms in total. The molecule has 0 atom stereocenters. The van der Waals surface area contributed by atoms with Gasteiger partial charge in [-0.1, -0.05) is 11.6 Å². The fourth-order valence-electron chi connectivity index (χ4n) is 5.40. The molecule has 1 aromatic rings. The van der Waals surface area contributed by atoms with Gasteiger partial charge in [-0.05, 0) is 74.5 Å². The van der Waals surface area contributed by atoms with Crippen molar-refractivity contribution in [2.45, 2.75) is 38.5 Å². The van der Waals surface area contributed by atoms with Crippen molar-refractivity contribution in [1.29, 1.82) is 0 Å². The zero-order chi connectivity index (χ0) is 16.2. The second-order valence-corrected chi connectivity index (χ2v) is 8.06. The Hall–Kier alpha value is -1.55. The highest BCUT2D eigenvalue weighted by atomic mass is 35.5. The monoisotopic (exact) mass is 333 g/mol. The molecule has 4 bridgehead atoms. The van der Waals surface area contributed by atoms with Gasteiger partial charge >= 0.3 is 5.97 Å². The van der Waals surface area contributed by atoms with Crippen LogP contribution in [0, 0.1) is 23.2 Å². The number of hydrogen-bond donors (Lipinski definition) is 2. The molecule has 0 radical (unpaired) electrons. The lowest BCUT2D eigenvalue weighted by molar-refractivity contribution is -0.140. The molecule has 0 aliphatic heterocycles. The first-order valence-electron chi connectivity index (χ1n) is 8.29. The normalized spacial score (nSPS) is 34.4. The maximum Gasteiger partial charge on any atom is 0.335 e. The highest BCUT2D eigenvalue weighted by Gasteiger charge is 2.54. The Labute approximate surface area is 140 Å². The zero-order valence-electron chi connectivity index (χ0n) is 12.8. The topological polar surface area (TPSA) is 66.4 Å². The van der Waals surface area contributed by atoms with Crippen LogP contribution in [0.5, 0.6) is 0 Å². The maximum absolute atomic E-state index is 13.0. The first-order valence-corrected chi connectivity index (χ1v) is 8.67. The third-order valence-electron chi connectivity index (χ3n) is 5.98. The molecule has 122 valence electrons. The SMILES string of the molecule is O=C(O)c1ccc(Cl)c(NC(=O)C23CC4CC(CC(C4)C2)C3)c1. The predicted octanol–water partition coefficient (Wildman–Crippen LogP) is 4.19. The van der Waals surface area contributed by atoms with Crippen molar-refractivity contribution < 1.29 is 14.7 Å². The van der Waals surface area contributed by atoms with E-state index in [0.717, 1.165) is 19.3 Å². The highest BCUT2D eigenvalue weighted by Crippen LogP contribution is 2.60. The molecule has 0 spiro atoms. The Kier molecular flexibility index (Phi) is 3.41. The van der Waals surface area contributed by atoms with Crippen molar-refractivity contribution in [1.82, 2.24) is 0 Å². The van der Waals surface area contributed by atoms with Gasteiger partial charge in [0.15, 0.2) is 0 Å². The Morgan fingerprint density at radius 3 is 2.17 bits per heavy atom. The molecule has 5 rings (SSSR count). The third-order valence-corrected chi connectivity index (χ3v) is 6.31. The van der Waals surface area contributed by atoms with Crippen molar-refractivity contribution in [3.05, 3.63) is 28.8 Å². The summed E-state index contributed by atoms with van der Waals surface area (Å²) in [6, 6.07) is 4.43. The first-order chi connectivity index (χ1) is 10.9. The molecule has 0 heterocycles. The summed E-state index contributed by atoms with van der Waals surface area (Å²) in [7, 11) is 0. The van der Waals surface area contributed by atoms with Gasteiger partial charge in [0.2, 0.25) is 5.91 Å². The summed E-state index contributed by atoms with van der Waals surface area (Å²) in [5.74, 6) is 1.07. The van der Waals surface area contributed by atoms with Crippen LogP contribution in [-0.2, 0) is 4.79 Å². The number of rotatable bonds is 3. The minimum Gasteiger partial charge on any atom is -0.478 e. The van der Waals surface area contributed by atoms with Crippen molar-refractivity contribution in [2.75, 3.05) is 5.32 Å². The standard InChI is InChI=1S/C18H20ClNO3/c19-14-2-1-13(16(21)22)6-15(14)20-17(23)18-7-10-3-11(8-18)5-12(4-10)9-18/h1-2,6,10-12H,3-5,7-9H2,(H,20,23)(H,21,22). The largest absolute Gasteiger partial charge is 0.478 e. The van der Waals surface area contributed by atoms with Crippen LogP contribution < -0.4 is 5.32 Å². The summed E-state index contributed by atoms with van der Waals surface area (Å²) >= 11 is 6.14. The van der Waals surface area contributed by atoms with Gasteiger partial charge in [-0.3, -0.25) is 4.79 Å². The van der Waals surface area contributed by atoms with Crippen LogP contribution in [0.1, 0.15) is 48.9 Å². The second kappa shape index (κ2) is 5.23. The molecular formula is C18H20ClNO3. The van der Waals surface area contributed by atoms with E-state index in [-0.39, 0.29) is 16.9 Å². The minimum atomic E-state index is -1.02. The highest BCUT2D eigenvalue weighted by molar-refractivity contribution is 6.34. The minimum absolute atomic E-state index is 0.0287. The number of anilines is 1. The van der Waals surface area contributed by atoms with E-state index in [1.54, 1.807) is 0 Å². The number of benzene rings is 1. The summed E-state index contributed by atoms with van der Waals surface area (Å²) in [6.45, 7) is 0.